The van der Waals surface area contributed by atoms with Crippen LogP contribution in [-0.4, -0.2) is 12.9 Å². The topological polar surface area (TPSA) is 35.5 Å². The number of unbranched alkanes of at least 4 members (excludes halogenated alkanes) is 5. The van der Waals surface area contributed by atoms with E-state index in [2.05, 4.69) is 6.92 Å². The van der Waals surface area contributed by atoms with E-state index in [-0.39, 0.29) is 16.9 Å². The lowest BCUT2D eigenvalue weighted by atomic mass is 10.0. The third-order valence-electron chi connectivity index (χ3n) is 5.52. The summed E-state index contributed by atoms with van der Waals surface area (Å²) in [5, 5.41) is 0. The molecule has 0 fully saturated rings. The first-order chi connectivity index (χ1) is 16.4. The first kappa shape index (κ1) is 25.3. The van der Waals surface area contributed by atoms with E-state index < -0.39 is 11.9 Å². The summed E-state index contributed by atoms with van der Waals surface area (Å²) in [4.78, 5) is 10.7. The van der Waals surface area contributed by atoms with Crippen molar-refractivity contribution in [3.8, 4) is 22.6 Å². The van der Waals surface area contributed by atoms with Crippen molar-refractivity contribution in [2.75, 3.05) is 6.61 Å². The number of benzene rings is 3. The van der Waals surface area contributed by atoms with Crippen molar-refractivity contribution in [1.82, 2.24) is 0 Å². The van der Waals surface area contributed by atoms with Gasteiger partial charge in [-0.05, 0) is 53.9 Å². The van der Waals surface area contributed by atoms with Crippen LogP contribution in [0.15, 0.2) is 66.7 Å². The highest BCUT2D eigenvalue weighted by molar-refractivity contribution is 5.75. The molecule has 180 valence electrons. The lowest BCUT2D eigenvalue weighted by Crippen LogP contribution is -2.21. The van der Waals surface area contributed by atoms with Gasteiger partial charge < -0.3 is 9.47 Å². The van der Waals surface area contributed by atoms with Crippen molar-refractivity contribution in [2.45, 2.75) is 51.6 Å². The average molecular weight is 471 g/mol. The Bertz CT molecular complexity index is 1050. The van der Waals surface area contributed by atoms with Crippen LogP contribution in [0.2, 0.25) is 0 Å². The van der Waals surface area contributed by atoms with Crippen LogP contribution in [0.5, 0.6) is 11.5 Å². The van der Waals surface area contributed by atoms with Gasteiger partial charge in [0.2, 0.25) is 0 Å². The van der Waals surface area contributed by atoms with E-state index in [0.29, 0.717) is 12.9 Å². The maximum absolute atomic E-state index is 14.5. The quantitative estimate of drug-likeness (QED) is 0.187. The zero-order chi connectivity index (χ0) is 24.4. The van der Waals surface area contributed by atoms with Gasteiger partial charge in [-0.2, -0.15) is 8.78 Å². The number of aldehydes is 1. The molecule has 3 nitrogen and oxygen atoms in total. The number of alkyl halides is 2. The van der Waals surface area contributed by atoms with Gasteiger partial charge in [0.15, 0.2) is 6.29 Å². The molecule has 0 heterocycles. The summed E-state index contributed by atoms with van der Waals surface area (Å²) in [6, 6.07) is 16.2. The van der Waals surface area contributed by atoms with E-state index in [4.69, 9.17) is 9.47 Å². The zero-order valence-electron chi connectivity index (χ0n) is 19.2. The number of rotatable bonds is 13. The van der Waals surface area contributed by atoms with E-state index >= 15 is 0 Å². The predicted molar refractivity (Wildman–Crippen MR) is 127 cm³/mol. The van der Waals surface area contributed by atoms with Gasteiger partial charge in [0.25, 0.3) is 0 Å². The van der Waals surface area contributed by atoms with Crippen LogP contribution >= 0.6 is 0 Å². The van der Waals surface area contributed by atoms with E-state index in [0.717, 1.165) is 47.9 Å². The molecule has 0 bridgehead atoms. The first-order valence-electron chi connectivity index (χ1n) is 11.6. The molecule has 0 saturated heterocycles. The molecule has 0 saturated carbocycles. The van der Waals surface area contributed by atoms with Crippen LogP contribution in [0.1, 0.15) is 61.4 Å². The van der Waals surface area contributed by atoms with Crippen LogP contribution in [0, 0.1) is 5.82 Å². The average Bonchev–Trinajstić information content (AvgIpc) is 2.84. The molecule has 0 aliphatic carbocycles. The predicted octanol–water partition coefficient (Wildman–Crippen LogP) is 8.17. The molecule has 0 unspecified atom stereocenters. The minimum Gasteiger partial charge on any atom is -0.494 e. The van der Waals surface area contributed by atoms with Gasteiger partial charge in [-0.1, -0.05) is 63.3 Å². The van der Waals surface area contributed by atoms with Gasteiger partial charge in [0.1, 0.15) is 17.3 Å². The lowest BCUT2D eigenvalue weighted by molar-refractivity contribution is -0.185. The third-order valence-corrected chi connectivity index (χ3v) is 5.52. The summed E-state index contributed by atoms with van der Waals surface area (Å²) in [6.45, 7) is 2.88. The van der Waals surface area contributed by atoms with Crippen LogP contribution in [0.25, 0.3) is 11.1 Å². The third kappa shape index (κ3) is 7.11. The number of ether oxygens (including phenoxy) is 2. The van der Waals surface area contributed by atoms with Crippen molar-refractivity contribution in [3.05, 3.63) is 83.7 Å². The van der Waals surface area contributed by atoms with E-state index in [1.165, 1.54) is 37.8 Å². The van der Waals surface area contributed by atoms with Gasteiger partial charge in [0, 0.05) is 6.07 Å². The number of halogens is 3. The van der Waals surface area contributed by atoms with E-state index in [1.54, 1.807) is 12.1 Å². The second kappa shape index (κ2) is 12.3. The number of hydrogen-bond acceptors (Lipinski definition) is 3. The molecule has 3 rings (SSSR count). The molecular weight excluding hydrogens is 441 g/mol. The van der Waals surface area contributed by atoms with E-state index in [9.17, 15) is 18.0 Å². The van der Waals surface area contributed by atoms with E-state index in [1.807, 2.05) is 24.3 Å². The van der Waals surface area contributed by atoms with Crippen molar-refractivity contribution < 1.29 is 27.4 Å². The van der Waals surface area contributed by atoms with Gasteiger partial charge in [-0.3, -0.25) is 4.79 Å². The van der Waals surface area contributed by atoms with Crippen LogP contribution in [0.3, 0.4) is 0 Å². The summed E-state index contributed by atoms with van der Waals surface area (Å²) in [6.07, 6.45) is 3.86. The second-order valence-electron chi connectivity index (χ2n) is 8.14. The Kier molecular flexibility index (Phi) is 9.14. The largest absolute Gasteiger partial charge is 0.494 e. The Morgan fingerprint density at radius 3 is 2.00 bits per heavy atom. The lowest BCUT2D eigenvalue weighted by Gasteiger charge is -2.19. The molecule has 0 radical (unpaired) electrons. The molecule has 0 aromatic heterocycles. The maximum Gasteiger partial charge on any atom is 0.426 e. The summed E-state index contributed by atoms with van der Waals surface area (Å²) >= 11 is 0. The van der Waals surface area contributed by atoms with Crippen LogP contribution < -0.4 is 9.47 Å². The molecule has 0 spiro atoms. The fourth-order valence-electron chi connectivity index (χ4n) is 3.55. The Morgan fingerprint density at radius 1 is 0.794 bits per heavy atom. The highest BCUT2D eigenvalue weighted by atomic mass is 19.3. The number of hydrogen-bond donors (Lipinski definition) is 0. The standard InChI is InChI=1S/C28H29F3O3/c1-2-3-4-5-6-7-18-33-25-15-10-22(11-16-25)21-8-13-24(14-9-21)28(30,31)34-26-17-12-23(20-32)27(29)19-26/h8-17,19-20H,2-7,18H2,1H3. The summed E-state index contributed by atoms with van der Waals surface area (Å²) in [5.74, 6) is -0.506. The molecule has 0 aliphatic rings. The number of carbonyl (C=O) groups is 1. The molecule has 0 aliphatic heterocycles. The fourth-order valence-corrected chi connectivity index (χ4v) is 3.55. The highest BCUT2D eigenvalue weighted by Gasteiger charge is 2.34. The van der Waals surface area contributed by atoms with Gasteiger partial charge in [-0.15, -0.1) is 0 Å². The fraction of sp³-hybridized carbons (Fsp3) is 0.321. The Balaban J connectivity index is 1.56. The van der Waals surface area contributed by atoms with Gasteiger partial charge in [-0.25, -0.2) is 4.39 Å². The first-order valence-corrected chi connectivity index (χ1v) is 11.6. The molecule has 0 atom stereocenters. The van der Waals surface area contributed by atoms with Crippen molar-refractivity contribution in [3.63, 3.8) is 0 Å². The molecule has 6 heteroatoms. The maximum atomic E-state index is 14.5. The van der Waals surface area contributed by atoms with Gasteiger partial charge >= 0.3 is 6.11 Å². The molecule has 0 N–H and O–H groups in total. The minimum absolute atomic E-state index is 0.223. The Hall–Kier alpha value is -3.28. The summed E-state index contributed by atoms with van der Waals surface area (Å²) in [5.41, 5.74) is 1.05. The SMILES string of the molecule is CCCCCCCCOc1ccc(-c2ccc(C(F)(F)Oc3ccc(C=O)c(F)c3)cc2)cc1. The smallest absolute Gasteiger partial charge is 0.426 e. The van der Waals surface area contributed by atoms with Crippen LogP contribution in [0.4, 0.5) is 13.2 Å². The zero-order valence-corrected chi connectivity index (χ0v) is 19.2. The minimum atomic E-state index is -3.66. The Morgan fingerprint density at radius 2 is 1.38 bits per heavy atom. The van der Waals surface area contributed by atoms with Crippen molar-refractivity contribution in [1.29, 1.82) is 0 Å². The monoisotopic (exact) mass is 470 g/mol. The molecular formula is C28H29F3O3. The highest BCUT2D eigenvalue weighted by Crippen LogP contribution is 2.33. The van der Waals surface area contributed by atoms with Gasteiger partial charge in [0.05, 0.1) is 17.7 Å². The normalized spacial score (nSPS) is 11.3. The van der Waals surface area contributed by atoms with Crippen LogP contribution in [-0.2, 0) is 6.11 Å². The summed E-state index contributed by atoms with van der Waals surface area (Å²) < 4.78 is 53.3. The second-order valence-corrected chi connectivity index (χ2v) is 8.14. The molecule has 3 aromatic carbocycles. The molecule has 3 aromatic rings. The summed E-state index contributed by atoms with van der Waals surface area (Å²) in [7, 11) is 0. The number of carbonyl (C=O) groups excluding carboxylic acids is 1. The van der Waals surface area contributed by atoms with Crippen molar-refractivity contribution in [2.24, 2.45) is 0 Å². The molecule has 34 heavy (non-hydrogen) atoms. The van der Waals surface area contributed by atoms with Crippen molar-refractivity contribution >= 4 is 6.29 Å². The molecule has 0 amide bonds. The Labute approximate surface area is 198 Å².